The predicted octanol–water partition coefficient (Wildman–Crippen LogP) is 4.27. The zero-order chi connectivity index (χ0) is 24.8. The summed E-state index contributed by atoms with van der Waals surface area (Å²) in [6.45, 7) is 6.60. The van der Waals surface area contributed by atoms with Crippen molar-refractivity contribution in [2.75, 3.05) is 36.9 Å². The van der Waals surface area contributed by atoms with Crippen molar-refractivity contribution in [2.45, 2.75) is 64.8 Å². The summed E-state index contributed by atoms with van der Waals surface area (Å²) in [5.41, 5.74) is 3.14. The monoisotopic (exact) mass is 468 g/mol. The molecule has 7 heteroatoms. The molecule has 2 fully saturated rings. The highest BCUT2D eigenvalue weighted by molar-refractivity contribution is 5.96. The van der Waals surface area contributed by atoms with E-state index in [-0.39, 0.29) is 17.9 Å². The first kappa shape index (κ1) is 27.3. The summed E-state index contributed by atoms with van der Waals surface area (Å²) < 4.78 is 0. The summed E-state index contributed by atoms with van der Waals surface area (Å²) in [6.07, 6.45) is 13.6. The minimum Gasteiger partial charge on any atom is -0.355 e. The molecular weight excluding hydrogens is 428 g/mol. The molecule has 0 aliphatic carbocycles. The molecular formula is C27H40N4O3. The number of rotatable bonds is 9. The second-order valence-corrected chi connectivity index (χ2v) is 8.68. The average Bonchev–Trinajstić information content (AvgIpc) is 3.29. The molecule has 2 heterocycles. The maximum atomic E-state index is 12.2. The van der Waals surface area contributed by atoms with Gasteiger partial charge in [0.25, 0.3) is 0 Å². The lowest BCUT2D eigenvalue weighted by Gasteiger charge is -2.27. The Hall–Kier alpha value is -2.93. The number of nitrogens with zero attached hydrogens (tertiary/aromatic N) is 2. The van der Waals surface area contributed by atoms with Crippen LogP contribution in [-0.2, 0) is 14.4 Å². The van der Waals surface area contributed by atoms with Gasteiger partial charge in [-0.1, -0.05) is 30.7 Å². The van der Waals surface area contributed by atoms with Gasteiger partial charge in [0, 0.05) is 30.9 Å². The first-order chi connectivity index (χ1) is 16.5. The van der Waals surface area contributed by atoms with Gasteiger partial charge in [0.1, 0.15) is 0 Å². The van der Waals surface area contributed by atoms with Gasteiger partial charge in [-0.25, -0.2) is 0 Å². The standard InChI is InChI=1S/C17H23N3O2.C10H17NO/c1-19-11-4-5-15(19)17(22)18-13-7-9-14(10-8-13)20-12-3-2-6-16(20)21;1-3-10(4-2)7-5-6-8-11-9-12/h7-10,15H,2-6,11-12H2,1H3,(H,18,22);3,5-6,9H,4,7-8H2,1-2H3,(H,11,12)/b;6-5-,10-3-/t15-;/m1./s1. The summed E-state index contributed by atoms with van der Waals surface area (Å²) in [5, 5.41) is 5.54. The summed E-state index contributed by atoms with van der Waals surface area (Å²) in [5.74, 6) is 0.248. The number of carbonyl (C=O) groups excluding carboxylic acids is 3. The molecule has 7 nitrogen and oxygen atoms in total. The van der Waals surface area contributed by atoms with Gasteiger partial charge in [-0.05, 0) is 83.3 Å². The first-order valence-corrected chi connectivity index (χ1v) is 12.4. The van der Waals surface area contributed by atoms with Crippen LogP contribution < -0.4 is 15.5 Å². The second-order valence-electron chi connectivity index (χ2n) is 8.68. The van der Waals surface area contributed by atoms with Crippen LogP contribution in [0.15, 0.2) is 48.1 Å². The number of carbonyl (C=O) groups is 3. The molecule has 2 aliphatic heterocycles. The van der Waals surface area contributed by atoms with Crippen molar-refractivity contribution < 1.29 is 14.4 Å². The molecule has 0 unspecified atom stereocenters. The highest BCUT2D eigenvalue weighted by Gasteiger charge is 2.27. The van der Waals surface area contributed by atoms with E-state index < -0.39 is 0 Å². The fourth-order valence-corrected chi connectivity index (χ4v) is 4.17. The lowest BCUT2D eigenvalue weighted by Crippen LogP contribution is -2.37. The first-order valence-electron chi connectivity index (χ1n) is 12.4. The summed E-state index contributed by atoms with van der Waals surface area (Å²) in [4.78, 5) is 37.9. The van der Waals surface area contributed by atoms with Crippen molar-refractivity contribution in [3.05, 3.63) is 48.1 Å². The fourth-order valence-electron chi connectivity index (χ4n) is 4.17. The lowest BCUT2D eigenvalue weighted by molar-refractivity contribution is -0.120. The molecule has 1 aromatic rings. The van der Waals surface area contributed by atoms with E-state index in [9.17, 15) is 14.4 Å². The van der Waals surface area contributed by atoms with Crippen molar-refractivity contribution in [1.29, 1.82) is 0 Å². The Kier molecular flexibility index (Phi) is 12.1. The molecule has 3 rings (SSSR count). The Morgan fingerprint density at radius 2 is 1.88 bits per heavy atom. The molecule has 0 bridgehead atoms. The van der Waals surface area contributed by atoms with Gasteiger partial charge in [0.15, 0.2) is 0 Å². The highest BCUT2D eigenvalue weighted by atomic mass is 16.2. The topological polar surface area (TPSA) is 81.8 Å². The third-order valence-corrected chi connectivity index (χ3v) is 6.32. The fraction of sp³-hybridized carbons (Fsp3) is 0.519. The molecule has 2 saturated heterocycles. The molecule has 2 aliphatic rings. The van der Waals surface area contributed by atoms with Crippen LogP contribution in [0.5, 0.6) is 0 Å². The van der Waals surface area contributed by atoms with Gasteiger partial charge in [-0.3, -0.25) is 19.3 Å². The molecule has 0 radical (unpaired) electrons. The molecule has 0 saturated carbocycles. The maximum Gasteiger partial charge on any atom is 0.241 e. The second kappa shape index (κ2) is 15.1. The van der Waals surface area contributed by atoms with Crippen LogP contribution in [0, 0.1) is 0 Å². The van der Waals surface area contributed by atoms with E-state index in [1.54, 1.807) is 0 Å². The zero-order valence-electron chi connectivity index (χ0n) is 20.9. The molecule has 2 N–H and O–H groups in total. The van der Waals surface area contributed by atoms with Crippen molar-refractivity contribution in [2.24, 2.45) is 0 Å². The van der Waals surface area contributed by atoms with Crippen LogP contribution >= 0.6 is 0 Å². The van der Waals surface area contributed by atoms with Crippen LogP contribution in [0.4, 0.5) is 11.4 Å². The molecule has 3 amide bonds. The van der Waals surface area contributed by atoms with E-state index in [2.05, 4.69) is 41.5 Å². The number of hydrogen-bond donors (Lipinski definition) is 2. The third kappa shape index (κ3) is 8.78. The summed E-state index contributed by atoms with van der Waals surface area (Å²) in [7, 11) is 1.99. The molecule has 0 spiro atoms. The largest absolute Gasteiger partial charge is 0.355 e. The smallest absolute Gasteiger partial charge is 0.241 e. The van der Waals surface area contributed by atoms with E-state index >= 15 is 0 Å². The average molecular weight is 469 g/mol. The van der Waals surface area contributed by atoms with Gasteiger partial charge in [-0.15, -0.1) is 0 Å². The van der Waals surface area contributed by atoms with E-state index in [1.807, 2.05) is 42.3 Å². The number of benzene rings is 1. The van der Waals surface area contributed by atoms with E-state index in [0.717, 1.165) is 63.0 Å². The Morgan fingerprint density at radius 3 is 2.47 bits per heavy atom. The normalized spacial score (nSPS) is 19.0. The van der Waals surface area contributed by atoms with Gasteiger partial charge >= 0.3 is 0 Å². The zero-order valence-corrected chi connectivity index (χ0v) is 20.9. The number of piperidine rings is 1. The molecule has 0 aromatic heterocycles. The van der Waals surface area contributed by atoms with Crippen molar-refractivity contribution in [3.63, 3.8) is 0 Å². The molecule has 1 atom stereocenters. The van der Waals surface area contributed by atoms with E-state index in [1.165, 1.54) is 5.57 Å². The van der Waals surface area contributed by atoms with Crippen molar-refractivity contribution in [1.82, 2.24) is 10.2 Å². The molecule has 1 aromatic carbocycles. The number of allylic oxidation sites excluding steroid dienone is 3. The van der Waals surface area contributed by atoms with Gasteiger partial charge in [0.2, 0.25) is 18.2 Å². The third-order valence-electron chi connectivity index (χ3n) is 6.32. The Morgan fingerprint density at radius 1 is 1.12 bits per heavy atom. The van der Waals surface area contributed by atoms with Crippen LogP contribution in [0.1, 0.15) is 58.8 Å². The number of likely N-dealkylation sites (tertiary alicyclic amines) is 1. The lowest BCUT2D eigenvalue weighted by atomic mass is 10.1. The highest BCUT2D eigenvalue weighted by Crippen LogP contribution is 2.23. The van der Waals surface area contributed by atoms with E-state index in [0.29, 0.717) is 19.4 Å². The molecule has 34 heavy (non-hydrogen) atoms. The minimum atomic E-state index is -0.0247. The minimum absolute atomic E-state index is 0.0247. The maximum absolute atomic E-state index is 12.2. The SMILES string of the molecule is C/C=C(/CC)C/C=C\CNC=O.CN1CCC[C@@H]1C(=O)Nc1ccc(N2CCCCC2=O)cc1. The van der Waals surface area contributed by atoms with E-state index in [4.69, 9.17) is 0 Å². The van der Waals surface area contributed by atoms with Crippen molar-refractivity contribution >= 4 is 29.6 Å². The quantitative estimate of drug-likeness (QED) is 0.322. The number of nitrogens with one attached hydrogen (secondary N) is 2. The summed E-state index contributed by atoms with van der Waals surface area (Å²) >= 11 is 0. The number of hydrogen-bond acceptors (Lipinski definition) is 4. The van der Waals surface area contributed by atoms with Gasteiger partial charge < -0.3 is 15.5 Å². The number of anilines is 2. The van der Waals surface area contributed by atoms with Gasteiger partial charge in [0.05, 0.1) is 6.04 Å². The number of amides is 3. The Bertz CT molecular complexity index is 848. The van der Waals surface area contributed by atoms with Crippen LogP contribution in [0.2, 0.25) is 0 Å². The predicted molar refractivity (Wildman–Crippen MR) is 139 cm³/mol. The van der Waals surface area contributed by atoms with Crippen LogP contribution in [0.25, 0.3) is 0 Å². The number of likely N-dealkylation sites (N-methyl/N-ethyl adjacent to an activating group) is 1. The van der Waals surface area contributed by atoms with Crippen LogP contribution in [-0.4, -0.2) is 55.8 Å². The Balaban J connectivity index is 0.000000292. The van der Waals surface area contributed by atoms with Crippen molar-refractivity contribution in [3.8, 4) is 0 Å². The Labute approximate surface area is 204 Å². The molecule has 186 valence electrons. The van der Waals surface area contributed by atoms with Gasteiger partial charge in [-0.2, -0.15) is 0 Å². The van der Waals surface area contributed by atoms with Crippen LogP contribution in [0.3, 0.4) is 0 Å². The summed E-state index contributed by atoms with van der Waals surface area (Å²) in [6, 6.07) is 7.56.